The van der Waals surface area contributed by atoms with E-state index in [-0.39, 0.29) is 12.3 Å². The van der Waals surface area contributed by atoms with Gasteiger partial charge in [0.05, 0.1) is 11.0 Å². The van der Waals surface area contributed by atoms with E-state index in [0.29, 0.717) is 17.7 Å². The maximum atomic E-state index is 13.0. The van der Waals surface area contributed by atoms with E-state index < -0.39 is 40.9 Å². The molecule has 9 heteroatoms. The van der Waals surface area contributed by atoms with Gasteiger partial charge in [-0.05, 0) is 71.4 Å². The van der Waals surface area contributed by atoms with Crippen LogP contribution in [0, 0.1) is 5.41 Å². The van der Waals surface area contributed by atoms with Crippen LogP contribution in [-0.4, -0.2) is 40.8 Å². The topological polar surface area (TPSA) is 75.6 Å². The zero-order valence-electron chi connectivity index (χ0n) is 18.8. The molecule has 176 valence electrons. The maximum absolute atomic E-state index is 13.0. The second-order valence-electron chi connectivity index (χ2n) is 9.16. The van der Waals surface area contributed by atoms with Crippen molar-refractivity contribution in [3.05, 3.63) is 35.4 Å². The maximum Gasteiger partial charge on any atom is 0.416 e. The average molecular weight is 464 g/mol. The third kappa shape index (κ3) is 9.01. The van der Waals surface area contributed by atoms with Gasteiger partial charge < -0.3 is 15.2 Å². The van der Waals surface area contributed by atoms with Crippen LogP contribution in [-0.2, 0) is 15.7 Å². The van der Waals surface area contributed by atoms with Crippen molar-refractivity contribution in [1.82, 2.24) is 5.32 Å². The van der Waals surface area contributed by atoms with Crippen LogP contribution in [0.5, 0.6) is 0 Å². The fraction of sp³-hybridized carbons (Fsp3) is 0.636. The Morgan fingerprint density at radius 3 is 2.06 bits per heavy atom. The van der Waals surface area contributed by atoms with Crippen LogP contribution < -0.4 is 5.32 Å². The molecule has 1 amide bonds. The molecule has 0 fully saturated rings. The van der Waals surface area contributed by atoms with Crippen molar-refractivity contribution < 1.29 is 32.6 Å². The standard InChI is InChI=1S/C22H32F3NO4S/c1-20(2,3)30-19(29)26-17(11-12-21(4,5)18(27)28)16(13-31-6)14-7-9-15(10-8-14)22(23,24)25/h7-10,16-17H,11-13H2,1-6H3,(H,26,29)(H,27,28)/t16-,17-/m0/s1. The molecule has 0 aliphatic carbocycles. The average Bonchev–Trinajstić information content (AvgIpc) is 2.61. The van der Waals surface area contributed by atoms with Gasteiger partial charge in [-0.15, -0.1) is 0 Å². The number of halogens is 3. The number of rotatable bonds is 9. The highest BCUT2D eigenvalue weighted by Crippen LogP contribution is 2.34. The van der Waals surface area contributed by atoms with Crippen LogP contribution >= 0.6 is 11.8 Å². The molecule has 0 bridgehead atoms. The van der Waals surface area contributed by atoms with Gasteiger partial charge in [0.25, 0.3) is 0 Å². The van der Waals surface area contributed by atoms with Crippen LogP contribution in [0.3, 0.4) is 0 Å². The summed E-state index contributed by atoms with van der Waals surface area (Å²) in [5, 5.41) is 12.3. The zero-order valence-corrected chi connectivity index (χ0v) is 19.6. The summed E-state index contributed by atoms with van der Waals surface area (Å²) in [7, 11) is 0. The van der Waals surface area contributed by atoms with Crippen LogP contribution in [0.4, 0.5) is 18.0 Å². The molecule has 0 heterocycles. The molecule has 1 aromatic rings. The van der Waals surface area contributed by atoms with E-state index in [1.807, 2.05) is 6.26 Å². The number of aliphatic carboxylic acids is 1. The summed E-state index contributed by atoms with van der Waals surface area (Å²) >= 11 is 1.49. The third-order valence-electron chi connectivity index (χ3n) is 4.86. The Balaban J connectivity index is 3.22. The first-order valence-corrected chi connectivity index (χ1v) is 11.3. The molecular weight excluding hydrogens is 431 g/mol. The minimum absolute atomic E-state index is 0.272. The summed E-state index contributed by atoms with van der Waals surface area (Å²) in [5.41, 5.74) is -1.85. The molecule has 31 heavy (non-hydrogen) atoms. The van der Waals surface area contributed by atoms with Crippen molar-refractivity contribution in [2.45, 2.75) is 71.2 Å². The highest BCUT2D eigenvalue weighted by Gasteiger charge is 2.34. The van der Waals surface area contributed by atoms with Crippen LogP contribution in [0.2, 0.25) is 0 Å². The molecule has 0 saturated carbocycles. The van der Waals surface area contributed by atoms with E-state index in [1.165, 1.54) is 23.9 Å². The SMILES string of the molecule is CSC[C@@H](c1ccc(C(F)(F)F)cc1)[C@H](CCC(C)(C)C(=O)O)NC(=O)OC(C)(C)C. The summed E-state index contributed by atoms with van der Waals surface area (Å²) in [6.07, 6.45) is -2.63. The Hall–Kier alpha value is -1.90. The number of nitrogens with one attached hydrogen (secondary N) is 1. The Labute approximate surface area is 186 Å². The number of thioether (sulfide) groups is 1. The number of alkyl carbamates (subject to hydrolysis) is 1. The minimum Gasteiger partial charge on any atom is -0.481 e. The van der Waals surface area contributed by atoms with Crippen molar-refractivity contribution in [1.29, 1.82) is 0 Å². The van der Waals surface area contributed by atoms with E-state index in [2.05, 4.69) is 5.32 Å². The van der Waals surface area contributed by atoms with Crippen LogP contribution in [0.15, 0.2) is 24.3 Å². The molecular formula is C22H32F3NO4S. The first-order chi connectivity index (χ1) is 14.1. The molecule has 2 N–H and O–H groups in total. The summed E-state index contributed by atoms with van der Waals surface area (Å²) < 4.78 is 44.2. The molecule has 5 nitrogen and oxygen atoms in total. The van der Waals surface area contributed by atoms with Gasteiger partial charge in [-0.25, -0.2) is 4.79 Å². The molecule has 2 atom stereocenters. The fourth-order valence-corrected chi connectivity index (χ4v) is 3.78. The first kappa shape index (κ1) is 27.1. The Kier molecular flexibility index (Phi) is 9.29. The smallest absolute Gasteiger partial charge is 0.416 e. The molecule has 1 aromatic carbocycles. The number of alkyl halides is 3. The molecule has 0 aliphatic heterocycles. The number of ether oxygens (including phenoxy) is 1. The van der Waals surface area contributed by atoms with Gasteiger partial charge in [0, 0.05) is 17.7 Å². The van der Waals surface area contributed by atoms with Crippen LogP contribution in [0.25, 0.3) is 0 Å². The fourth-order valence-electron chi connectivity index (χ4n) is 3.00. The minimum atomic E-state index is -4.44. The predicted molar refractivity (Wildman–Crippen MR) is 116 cm³/mol. The van der Waals surface area contributed by atoms with Gasteiger partial charge >= 0.3 is 18.2 Å². The summed E-state index contributed by atoms with van der Waals surface area (Å²) in [6, 6.07) is 4.35. The first-order valence-electron chi connectivity index (χ1n) is 9.96. The number of carbonyl (C=O) groups is 2. The van der Waals surface area contributed by atoms with Crippen molar-refractivity contribution in [2.75, 3.05) is 12.0 Å². The molecule has 0 radical (unpaired) electrons. The van der Waals surface area contributed by atoms with Gasteiger partial charge in [-0.1, -0.05) is 12.1 Å². The number of carboxylic acids is 1. The van der Waals surface area contributed by atoms with E-state index in [4.69, 9.17) is 4.74 Å². The summed E-state index contributed by atoms with van der Waals surface area (Å²) in [4.78, 5) is 24.0. The van der Waals surface area contributed by atoms with Crippen molar-refractivity contribution >= 4 is 23.8 Å². The number of benzene rings is 1. The third-order valence-corrected chi connectivity index (χ3v) is 5.55. The Bertz CT molecular complexity index is 743. The number of carboxylic acid groups (broad SMARTS) is 1. The van der Waals surface area contributed by atoms with Gasteiger partial charge in [-0.3, -0.25) is 4.79 Å². The monoisotopic (exact) mass is 463 g/mol. The quantitative estimate of drug-likeness (QED) is 0.474. The summed E-state index contributed by atoms with van der Waals surface area (Å²) in [5.74, 6) is -0.756. The second-order valence-corrected chi connectivity index (χ2v) is 10.1. The lowest BCUT2D eigenvalue weighted by Crippen LogP contribution is -2.43. The van der Waals surface area contributed by atoms with Crippen molar-refractivity contribution in [3.8, 4) is 0 Å². The lowest BCUT2D eigenvalue weighted by Gasteiger charge is -2.31. The largest absolute Gasteiger partial charge is 0.481 e. The molecule has 1 rings (SSSR count). The van der Waals surface area contributed by atoms with Gasteiger partial charge in [0.1, 0.15) is 5.60 Å². The van der Waals surface area contributed by atoms with Crippen LogP contribution in [0.1, 0.15) is 64.5 Å². The highest BCUT2D eigenvalue weighted by atomic mass is 32.2. The number of hydrogen-bond donors (Lipinski definition) is 2. The normalized spacial score (nSPS) is 14.6. The zero-order chi connectivity index (χ0) is 24.0. The molecule has 0 saturated heterocycles. The second kappa shape index (κ2) is 10.6. The number of amides is 1. The number of hydrogen-bond acceptors (Lipinski definition) is 4. The van der Waals surface area contributed by atoms with E-state index in [9.17, 15) is 27.9 Å². The molecule has 0 unspecified atom stereocenters. The molecule has 0 aromatic heterocycles. The van der Waals surface area contributed by atoms with Gasteiger partial charge in [0.2, 0.25) is 0 Å². The van der Waals surface area contributed by atoms with Crippen molar-refractivity contribution in [3.63, 3.8) is 0 Å². The number of carbonyl (C=O) groups excluding carboxylic acids is 1. The van der Waals surface area contributed by atoms with E-state index in [1.54, 1.807) is 34.6 Å². The van der Waals surface area contributed by atoms with E-state index in [0.717, 1.165) is 12.1 Å². The lowest BCUT2D eigenvalue weighted by molar-refractivity contribution is -0.147. The van der Waals surface area contributed by atoms with Crippen molar-refractivity contribution in [2.24, 2.45) is 5.41 Å². The van der Waals surface area contributed by atoms with Gasteiger partial charge in [-0.2, -0.15) is 24.9 Å². The van der Waals surface area contributed by atoms with E-state index >= 15 is 0 Å². The molecule has 0 aliphatic rings. The van der Waals surface area contributed by atoms with Gasteiger partial charge in [0.15, 0.2) is 0 Å². The highest BCUT2D eigenvalue weighted by molar-refractivity contribution is 7.98. The summed E-state index contributed by atoms with van der Waals surface area (Å²) in [6.45, 7) is 8.38. The Morgan fingerprint density at radius 2 is 1.65 bits per heavy atom. The molecule has 0 spiro atoms. The predicted octanol–water partition coefficient (Wildman–Crippen LogP) is 5.94. The Morgan fingerprint density at radius 1 is 1.10 bits per heavy atom. The lowest BCUT2D eigenvalue weighted by atomic mass is 9.82.